The molecule has 0 radical (unpaired) electrons. The minimum absolute atomic E-state index is 0.236. The standard InChI is InChI=1S/C20H16F3N3OS/c21-20(22,23)14-8-4-5-9-15(14)25-19(27)26-11-10-16-17(12-26)28-18(24-16)13-6-2-1-3-7-13/h1-9H,10-12H2,(H,25,27). The van der Waals surface area contributed by atoms with Crippen LogP contribution in [0.1, 0.15) is 16.1 Å². The second-order valence-electron chi connectivity index (χ2n) is 6.40. The van der Waals surface area contributed by atoms with Gasteiger partial charge in [-0.2, -0.15) is 13.2 Å². The van der Waals surface area contributed by atoms with Gasteiger partial charge in [0.1, 0.15) is 5.01 Å². The molecular weight excluding hydrogens is 387 g/mol. The molecule has 1 aliphatic heterocycles. The van der Waals surface area contributed by atoms with Crippen LogP contribution >= 0.6 is 11.3 Å². The van der Waals surface area contributed by atoms with E-state index >= 15 is 0 Å². The van der Waals surface area contributed by atoms with Crippen LogP contribution < -0.4 is 5.32 Å². The fourth-order valence-corrected chi connectivity index (χ4v) is 4.24. The number of hydrogen-bond donors (Lipinski definition) is 1. The Hall–Kier alpha value is -2.87. The summed E-state index contributed by atoms with van der Waals surface area (Å²) in [6.07, 6.45) is -3.95. The van der Waals surface area contributed by atoms with Crippen LogP contribution in [-0.4, -0.2) is 22.5 Å². The number of carbonyl (C=O) groups excluding carboxylic acids is 1. The number of aromatic nitrogens is 1. The molecule has 0 spiro atoms. The number of hydrogen-bond acceptors (Lipinski definition) is 3. The molecule has 1 aromatic heterocycles. The Kier molecular flexibility index (Phi) is 4.80. The van der Waals surface area contributed by atoms with Crippen molar-refractivity contribution in [1.29, 1.82) is 0 Å². The topological polar surface area (TPSA) is 45.2 Å². The van der Waals surface area contributed by atoms with Crippen molar-refractivity contribution in [1.82, 2.24) is 9.88 Å². The Morgan fingerprint density at radius 2 is 1.79 bits per heavy atom. The predicted octanol–water partition coefficient (Wildman–Crippen LogP) is 5.42. The first-order valence-electron chi connectivity index (χ1n) is 8.68. The number of thiazole rings is 1. The Balaban J connectivity index is 1.51. The zero-order valence-electron chi connectivity index (χ0n) is 14.7. The van der Waals surface area contributed by atoms with E-state index in [-0.39, 0.29) is 5.69 Å². The Morgan fingerprint density at radius 3 is 2.54 bits per heavy atom. The van der Waals surface area contributed by atoms with Crippen LogP contribution in [-0.2, 0) is 19.1 Å². The van der Waals surface area contributed by atoms with E-state index in [1.165, 1.54) is 34.4 Å². The molecule has 0 aliphatic carbocycles. The Morgan fingerprint density at radius 1 is 1.07 bits per heavy atom. The Bertz CT molecular complexity index is 1000. The quantitative estimate of drug-likeness (QED) is 0.621. The summed E-state index contributed by atoms with van der Waals surface area (Å²) >= 11 is 1.51. The SMILES string of the molecule is O=C(Nc1ccccc1C(F)(F)F)N1CCc2nc(-c3ccccc3)sc2C1. The van der Waals surface area contributed by atoms with Crippen molar-refractivity contribution in [2.24, 2.45) is 0 Å². The fraction of sp³-hybridized carbons (Fsp3) is 0.200. The highest BCUT2D eigenvalue weighted by atomic mass is 32.1. The normalized spacial score (nSPS) is 13.9. The number of urea groups is 1. The zero-order chi connectivity index (χ0) is 19.7. The lowest BCUT2D eigenvalue weighted by Crippen LogP contribution is -2.38. The summed E-state index contributed by atoms with van der Waals surface area (Å²) < 4.78 is 39.4. The molecule has 8 heteroatoms. The molecule has 3 aromatic rings. The van der Waals surface area contributed by atoms with E-state index in [4.69, 9.17) is 0 Å². The van der Waals surface area contributed by atoms with E-state index in [1.807, 2.05) is 30.3 Å². The molecule has 2 heterocycles. The average Bonchev–Trinajstić information content (AvgIpc) is 3.11. The van der Waals surface area contributed by atoms with Gasteiger partial charge in [0.05, 0.1) is 23.5 Å². The van der Waals surface area contributed by atoms with Crippen LogP contribution in [0.2, 0.25) is 0 Å². The maximum atomic E-state index is 13.1. The van der Waals surface area contributed by atoms with Crippen LogP contribution in [0.5, 0.6) is 0 Å². The fourth-order valence-electron chi connectivity index (χ4n) is 3.11. The minimum atomic E-state index is -4.53. The number of alkyl halides is 3. The second kappa shape index (κ2) is 7.27. The van der Waals surface area contributed by atoms with Crippen LogP contribution in [0.3, 0.4) is 0 Å². The number of fused-ring (bicyclic) bond motifs is 1. The maximum Gasteiger partial charge on any atom is 0.418 e. The van der Waals surface area contributed by atoms with Crippen molar-refractivity contribution in [3.05, 3.63) is 70.7 Å². The molecule has 144 valence electrons. The molecule has 0 saturated heterocycles. The average molecular weight is 403 g/mol. The van der Waals surface area contributed by atoms with Crippen molar-refractivity contribution < 1.29 is 18.0 Å². The highest BCUT2D eigenvalue weighted by Crippen LogP contribution is 2.35. The summed E-state index contributed by atoms with van der Waals surface area (Å²) in [6, 6.07) is 14.2. The molecule has 0 saturated carbocycles. The Labute approximate surface area is 163 Å². The van der Waals surface area contributed by atoms with E-state index in [1.54, 1.807) is 0 Å². The molecule has 4 rings (SSSR count). The molecule has 0 fully saturated rings. The molecule has 28 heavy (non-hydrogen) atoms. The van der Waals surface area contributed by atoms with Crippen LogP contribution in [0.15, 0.2) is 54.6 Å². The molecule has 0 unspecified atom stereocenters. The van der Waals surface area contributed by atoms with Crippen molar-refractivity contribution in [2.75, 3.05) is 11.9 Å². The van der Waals surface area contributed by atoms with Gasteiger partial charge in [-0.15, -0.1) is 11.3 Å². The molecule has 0 atom stereocenters. The maximum absolute atomic E-state index is 13.1. The van der Waals surface area contributed by atoms with Crippen LogP contribution in [0.25, 0.3) is 10.6 Å². The first-order valence-corrected chi connectivity index (χ1v) is 9.49. The van der Waals surface area contributed by atoms with Crippen molar-refractivity contribution in [3.8, 4) is 10.6 Å². The molecule has 0 bridgehead atoms. The molecule has 2 amide bonds. The minimum Gasteiger partial charge on any atom is -0.319 e. The zero-order valence-corrected chi connectivity index (χ0v) is 15.5. The van der Waals surface area contributed by atoms with Crippen molar-refractivity contribution in [3.63, 3.8) is 0 Å². The van der Waals surface area contributed by atoms with Gasteiger partial charge in [-0.1, -0.05) is 42.5 Å². The summed E-state index contributed by atoms with van der Waals surface area (Å²) in [5, 5.41) is 3.29. The first-order chi connectivity index (χ1) is 13.4. The summed E-state index contributed by atoms with van der Waals surface area (Å²) in [6.45, 7) is 0.741. The second-order valence-corrected chi connectivity index (χ2v) is 7.48. The van der Waals surface area contributed by atoms with Gasteiger partial charge in [0.15, 0.2) is 0 Å². The molecule has 4 nitrogen and oxygen atoms in total. The number of carbonyl (C=O) groups is 1. The van der Waals surface area contributed by atoms with E-state index in [2.05, 4.69) is 10.3 Å². The van der Waals surface area contributed by atoms with Gasteiger partial charge in [0.2, 0.25) is 0 Å². The van der Waals surface area contributed by atoms with Gasteiger partial charge in [-0.3, -0.25) is 0 Å². The summed E-state index contributed by atoms with van der Waals surface area (Å²) in [7, 11) is 0. The third kappa shape index (κ3) is 3.73. The van der Waals surface area contributed by atoms with Gasteiger partial charge in [-0.05, 0) is 12.1 Å². The molecule has 1 N–H and O–H groups in total. The van der Waals surface area contributed by atoms with Gasteiger partial charge in [0, 0.05) is 23.4 Å². The molecule has 1 aliphatic rings. The third-order valence-corrected chi connectivity index (χ3v) is 5.64. The number of para-hydroxylation sites is 1. The highest BCUT2D eigenvalue weighted by Gasteiger charge is 2.34. The lowest BCUT2D eigenvalue weighted by Gasteiger charge is -2.27. The number of nitrogens with one attached hydrogen (secondary N) is 1. The predicted molar refractivity (Wildman–Crippen MR) is 102 cm³/mol. The van der Waals surface area contributed by atoms with Crippen molar-refractivity contribution >= 4 is 23.1 Å². The van der Waals surface area contributed by atoms with E-state index < -0.39 is 17.8 Å². The summed E-state index contributed by atoms with van der Waals surface area (Å²) in [5.41, 5.74) is 0.867. The number of nitrogens with zero attached hydrogens (tertiary/aromatic N) is 2. The van der Waals surface area contributed by atoms with Crippen LogP contribution in [0, 0.1) is 0 Å². The smallest absolute Gasteiger partial charge is 0.319 e. The number of benzene rings is 2. The lowest BCUT2D eigenvalue weighted by molar-refractivity contribution is -0.136. The number of amides is 2. The highest BCUT2D eigenvalue weighted by molar-refractivity contribution is 7.15. The van der Waals surface area contributed by atoms with Crippen LogP contribution in [0.4, 0.5) is 23.7 Å². The lowest BCUT2D eigenvalue weighted by atomic mass is 10.1. The van der Waals surface area contributed by atoms with Gasteiger partial charge >= 0.3 is 12.2 Å². The van der Waals surface area contributed by atoms with E-state index in [0.717, 1.165) is 27.2 Å². The van der Waals surface area contributed by atoms with Gasteiger partial charge < -0.3 is 10.2 Å². The molecular formula is C20H16F3N3OS. The third-order valence-electron chi connectivity index (χ3n) is 4.51. The van der Waals surface area contributed by atoms with E-state index in [9.17, 15) is 18.0 Å². The summed E-state index contributed by atoms with van der Waals surface area (Å²) in [5.74, 6) is 0. The van der Waals surface area contributed by atoms with Gasteiger partial charge in [-0.25, -0.2) is 9.78 Å². The number of rotatable bonds is 2. The van der Waals surface area contributed by atoms with Gasteiger partial charge in [0.25, 0.3) is 0 Å². The number of anilines is 1. The van der Waals surface area contributed by atoms with E-state index in [0.29, 0.717) is 19.5 Å². The first kappa shape index (κ1) is 18.5. The molecule has 2 aromatic carbocycles. The largest absolute Gasteiger partial charge is 0.418 e. The summed E-state index contributed by atoms with van der Waals surface area (Å²) in [4.78, 5) is 19.7. The monoisotopic (exact) mass is 403 g/mol. The van der Waals surface area contributed by atoms with Crippen molar-refractivity contribution in [2.45, 2.75) is 19.1 Å². The number of halogens is 3.